The van der Waals surface area contributed by atoms with Crippen molar-refractivity contribution in [1.29, 1.82) is 0 Å². The fraction of sp³-hybridized carbons (Fsp3) is 0.421. The van der Waals surface area contributed by atoms with Gasteiger partial charge in [0.25, 0.3) is 0 Å². The Labute approximate surface area is 169 Å². The fourth-order valence-electron chi connectivity index (χ4n) is 3.25. The molecule has 2 heterocycles. The van der Waals surface area contributed by atoms with Crippen LogP contribution in [0.4, 0.5) is 5.82 Å². The number of hydrogen-bond donors (Lipinski definition) is 2. The van der Waals surface area contributed by atoms with E-state index in [2.05, 4.69) is 15.7 Å². The van der Waals surface area contributed by atoms with Crippen LogP contribution >= 0.6 is 0 Å². The van der Waals surface area contributed by atoms with Crippen molar-refractivity contribution < 1.29 is 22.7 Å². The minimum Gasteiger partial charge on any atom is -0.385 e. The fourth-order valence-corrected chi connectivity index (χ4v) is 4.75. The summed E-state index contributed by atoms with van der Waals surface area (Å²) in [5.74, 6) is -1.88. The van der Waals surface area contributed by atoms with Gasteiger partial charge in [0, 0.05) is 25.8 Å². The van der Waals surface area contributed by atoms with Crippen LogP contribution in [-0.4, -0.2) is 50.3 Å². The van der Waals surface area contributed by atoms with Gasteiger partial charge in [-0.05, 0) is 31.9 Å². The highest BCUT2D eigenvalue weighted by Gasteiger charge is 2.34. The number of rotatable bonds is 6. The lowest BCUT2D eigenvalue weighted by atomic mass is 10.1. The summed E-state index contributed by atoms with van der Waals surface area (Å²) in [4.78, 5) is 24.5. The van der Waals surface area contributed by atoms with Crippen LogP contribution < -0.4 is 10.6 Å². The van der Waals surface area contributed by atoms with Gasteiger partial charge in [0.05, 0.1) is 22.9 Å². The van der Waals surface area contributed by atoms with E-state index in [-0.39, 0.29) is 17.3 Å². The molecule has 0 atom stereocenters. The van der Waals surface area contributed by atoms with Crippen molar-refractivity contribution in [3.05, 3.63) is 40.6 Å². The molecule has 29 heavy (non-hydrogen) atoms. The summed E-state index contributed by atoms with van der Waals surface area (Å²) in [7, 11) is -1.77. The van der Waals surface area contributed by atoms with Gasteiger partial charge in [-0.3, -0.25) is 9.59 Å². The molecule has 1 aliphatic rings. The number of nitrogens with one attached hydrogen (secondary N) is 2. The highest BCUT2D eigenvalue weighted by Crippen LogP contribution is 2.33. The maximum absolute atomic E-state index is 12.4. The monoisotopic (exact) mass is 420 g/mol. The molecule has 0 aliphatic carbocycles. The average Bonchev–Trinajstić information content (AvgIpc) is 3.11. The predicted octanol–water partition coefficient (Wildman–Crippen LogP) is 1.01. The number of ether oxygens (including phenoxy) is 1. The van der Waals surface area contributed by atoms with Gasteiger partial charge in [-0.1, -0.05) is 17.7 Å². The number of carbonyl (C=O) groups is 2. The standard InChI is InChI=1S/C19H24N4O5S/c1-12-5-6-16(13(2)9-12)23-17(14-10-29(26,27)11-15(14)22-23)21-19(25)18(24)20-7-4-8-28-3/h5-6,9H,4,7-8,10-11H2,1-3H3,(H,20,24)(H,21,25). The number of aryl methyl sites for hydroxylation is 2. The van der Waals surface area contributed by atoms with Crippen molar-refractivity contribution in [3.63, 3.8) is 0 Å². The normalized spacial score (nSPS) is 14.4. The molecule has 2 amide bonds. The van der Waals surface area contributed by atoms with E-state index in [1.165, 1.54) is 4.68 Å². The minimum absolute atomic E-state index is 0.188. The number of benzene rings is 1. The summed E-state index contributed by atoms with van der Waals surface area (Å²) in [5.41, 5.74) is 3.49. The van der Waals surface area contributed by atoms with Crippen molar-refractivity contribution in [2.75, 3.05) is 25.6 Å². The maximum atomic E-state index is 12.4. The van der Waals surface area contributed by atoms with Crippen molar-refractivity contribution in [3.8, 4) is 5.69 Å². The third kappa shape index (κ3) is 4.65. The first-order chi connectivity index (χ1) is 13.7. The number of fused-ring (bicyclic) bond motifs is 1. The molecule has 0 spiro atoms. The summed E-state index contributed by atoms with van der Waals surface area (Å²) < 4.78 is 30.5. The molecule has 1 aliphatic heterocycles. The van der Waals surface area contributed by atoms with Crippen molar-refractivity contribution in [1.82, 2.24) is 15.1 Å². The molecule has 0 bridgehead atoms. The zero-order chi connectivity index (χ0) is 21.2. The largest absolute Gasteiger partial charge is 0.385 e. The first-order valence-electron chi connectivity index (χ1n) is 9.19. The summed E-state index contributed by atoms with van der Waals surface area (Å²) >= 11 is 0. The Morgan fingerprint density at radius 1 is 1.21 bits per heavy atom. The molecular weight excluding hydrogens is 396 g/mol. The Morgan fingerprint density at radius 3 is 2.66 bits per heavy atom. The van der Waals surface area contributed by atoms with Crippen LogP contribution in [0.2, 0.25) is 0 Å². The van der Waals surface area contributed by atoms with Crippen molar-refractivity contribution >= 4 is 27.5 Å². The van der Waals surface area contributed by atoms with Crippen LogP contribution in [0.25, 0.3) is 5.69 Å². The number of amides is 2. The number of carbonyl (C=O) groups excluding carboxylic acids is 2. The lowest BCUT2D eigenvalue weighted by molar-refractivity contribution is -0.136. The van der Waals surface area contributed by atoms with Crippen LogP contribution in [0.1, 0.15) is 28.8 Å². The van der Waals surface area contributed by atoms with Crippen molar-refractivity contribution in [2.24, 2.45) is 0 Å². The zero-order valence-corrected chi connectivity index (χ0v) is 17.4. The molecule has 2 aromatic rings. The number of methoxy groups -OCH3 is 1. The van der Waals surface area contributed by atoms with Gasteiger partial charge < -0.3 is 15.4 Å². The predicted molar refractivity (Wildman–Crippen MR) is 107 cm³/mol. The first-order valence-corrected chi connectivity index (χ1v) is 11.0. The molecule has 0 fully saturated rings. The number of sulfone groups is 1. The Balaban J connectivity index is 1.90. The van der Waals surface area contributed by atoms with Gasteiger partial charge in [-0.25, -0.2) is 13.1 Å². The Bertz CT molecular complexity index is 1060. The second-order valence-corrected chi connectivity index (χ2v) is 9.13. The van der Waals surface area contributed by atoms with Crippen LogP contribution in [0.5, 0.6) is 0 Å². The number of nitrogens with zero attached hydrogens (tertiary/aromatic N) is 2. The second-order valence-electron chi connectivity index (χ2n) is 7.06. The Hall–Kier alpha value is -2.72. The van der Waals surface area contributed by atoms with E-state index in [0.29, 0.717) is 36.5 Å². The molecule has 3 rings (SSSR count). The molecule has 0 saturated heterocycles. The summed E-state index contributed by atoms with van der Waals surface area (Å²) in [5, 5.41) is 9.50. The molecule has 10 heteroatoms. The van der Waals surface area contributed by atoms with E-state index in [1.807, 2.05) is 32.0 Å². The number of hydrogen-bond acceptors (Lipinski definition) is 6. The van der Waals surface area contributed by atoms with Crippen LogP contribution in [0.3, 0.4) is 0 Å². The molecule has 156 valence electrons. The maximum Gasteiger partial charge on any atom is 0.314 e. The van der Waals surface area contributed by atoms with E-state index >= 15 is 0 Å². The molecule has 0 saturated carbocycles. The molecule has 2 N–H and O–H groups in total. The molecule has 0 radical (unpaired) electrons. The van der Waals surface area contributed by atoms with Gasteiger partial charge in [0.15, 0.2) is 9.84 Å². The number of aromatic nitrogens is 2. The summed E-state index contributed by atoms with van der Waals surface area (Å²) in [6.07, 6.45) is 0.573. The summed E-state index contributed by atoms with van der Waals surface area (Å²) in [6.45, 7) is 4.62. The summed E-state index contributed by atoms with van der Waals surface area (Å²) in [6, 6.07) is 5.72. The van der Waals surface area contributed by atoms with Crippen LogP contribution in [-0.2, 0) is 35.7 Å². The lowest BCUT2D eigenvalue weighted by Gasteiger charge is -2.13. The highest BCUT2D eigenvalue weighted by atomic mass is 32.2. The molecule has 0 unspecified atom stereocenters. The smallest absolute Gasteiger partial charge is 0.314 e. The Kier molecular flexibility index (Phi) is 6.04. The van der Waals surface area contributed by atoms with E-state index in [1.54, 1.807) is 7.11 Å². The highest BCUT2D eigenvalue weighted by molar-refractivity contribution is 7.90. The number of anilines is 1. The average molecular weight is 420 g/mol. The van der Waals surface area contributed by atoms with Crippen LogP contribution in [0.15, 0.2) is 18.2 Å². The van der Waals surface area contributed by atoms with E-state index in [0.717, 1.165) is 11.1 Å². The third-order valence-electron chi connectivity index (χ3n) is 4.62. The SMILES string of the molecule is COCCCNC(=O)C(=O)Nc1c2c(nn1-c1ccc(C)cc1C)CS(=O)(=O)C2. The van der Waals surface area contributed by atoms with Gasteiger partial charge in [0.1, 0.15) is 5.82 Å². The van der Waals surface area contributed by atoms with Gasteiger partial charge in [-0.2, -0.15) is 5.10 Å². The van der Waals surface area contributed by atoms with Gasteiger partial charge >= 0.3 is 11.8 Å². The quantitative estimate of drug-likeness (QED) is 0.532. The van der Waals surface area contributed by atoms with Gasteiger partial charge in [-0.15, -0.1) is 0 Å². The molecule has 9 nitrogen and oxygen atoms in total. The van der Waals surface area contributed by atoms with Gasteiger partial charge in [0.2, 0.25) is 0 Å². The first kappa shape index (κ1) is 21.0. The van der Waals surface area contributed by atoms with E-state index in [9.17, 15) is 18.0 Å². The minimum atomic E-state index is -3.32. The van der Waals surface area contributed by atoms with E-state index < -0.39 is 21.7 Å². The van der Waals surface area contributed by atoms with E-state index in [4.69, 9.17) is 4.74 Å². The molecule has 1 aromatic heterocycles. The van der Waals surface area contributed by atoms with Crippen molar-refractivity contribution in [2.45, 2.75) is 31.8 Å². The topological polar surface area (TPSA) is 119 Å². The van der Waals surface area contributed by atoms with Crippen LogP contribution in [0, 0.1) is 13.8 Å². The third-order valence-corrected chi connectivity index (χ3v) is 6.06. The lowest BCUT2D eigenvalue weighted by Crippen LogP contribution is -2.36. The Morgan fingerprint density at radius 2 is 1.97 bits per heavy atom. The zero-order valence-electron chi connectivity index (χ0n) is 16.6. The molecular formula is C19H24N4O5S. The second kappa shape index (κ2) is 8.34. The molecule has 1 aromatic carbocycles.